The summed E-state index contributed by atoms with van der Waals surface area (Å²) in [7, 11) is 0. The molecule has 0 bridgehead atoms. The highest BCUT2D eigenvalue weighted by Gasteiger charge is 2.08. The van der Waals surface area contributed by atoms with Crippen LogP contribution in [0.25, 0.3) is 0 Å². The van der Waals surface area contributed by atoms with Crippen LogP contribution in [0.5, 0.6) is 0 Å². The Morgan fingerprint density at radius 2 is 2.13 bits per heavy atom. The first-order valence-electron chi connectivity index (χ1n) is 5.23. The minimum atomic E-state index is -0.380. The molecule has 0 aromatic carbocycles. The Labute approximate surface area is 90.4 Å². The maximum absolute atomic E-state index is 11.1. The lowest BCUT2D eigenvalue weighted by Gasteiger charge is -2.11. The lowest BCUT2D eigenvalue weighted by molar-refractivity contribution is -0.142. The average Bonchev–Trinajstić information content (AvgIpc) is 2.14. The van der Waals surface area contributed by atoms with Crippen molar-refractivity contribution in [3.05, 3.63) is 0 Å². The first-order valence-corrected chi connectivity index (χ1v) is 5.23. The van der Waals surface area contributed by atoms with E-state index in [0.29, 0.717) is 6.61 Å². The Balaban J connectivity index is 3.48. The van der Waals surface area contributed by atoms with E-state index in [1.165, 1.54) is 0 Å². The second-order valence-corrected chi connectivity index (χ2v) is 3.53. The molecule has 0 rings (SSSR count). The Morgan fingerprint density at radius 3 is 2.67 bits per heavy atom. The molecule has 0 aliphatic heterocycles. The number of hydrogen-bond donors (Lipinski definition) is 2. The Morgan fingerprint density at radius 1 is 1.47 bits per heavy atom. The van der Waals surface area contributed by atoms with E-state index in [2.05, 4.69) is 5.32 Å². The maximum atomic E-state index is 11.1. The van der Waals surface area contributed by atoms with Gasteiger partial charge in [0.1, 0.15) is 0 Å². The quantitative estimate of drug-likeness (QED) is 0.448. The van der Waals surface area contributed by atoms with Crippen LogP contribution in [0.1, 0.15) is 33.1 Å². The van der Waals surface area contributed by atoms with Crippen molar-refractivity contribution in [2.75, 3.05) is 13.2 Å². The van der Waals surface area contributed by atoms with Gasteiger partial charge in [-0.3, -0.25) is 9.59 Å². The van der Waals surface area contributed by atoms with E-state index < -0.39 is 0 Å². The zero-order valence-electron chi connectivity index (χ0n) is 9.41. The summed E-state index contributed by atoms with van der Waals surface area (Å²) in [5.41, 5.74) is 5.00. The van der Waals surface area contributed by atoms with E-state index >= 15 is 0 Å². The zero-order valence-corrected chi connectivity index (χ0v) is 9.41. The van der Waals surface area contributed by atoms with Crippen LogP contribution in [0.15, 0.2) is 0 Å². The molecule has 0 spiro atoms. The van der Waals surface area contributed by atoms with Gasteiger partial charge in [0.25, 0.3) is 0 Å². The molecule has 1 unspecified atom stereocenters. The molecule has 0 aliphatic rings. The molecule has 1 atom stereocenters. The third kappa shape index (κ3) is 9.21. The van der Waals surface area contributed by atoms with Crippen molar-refractivity contribution in [2.45, 2.75) is 39.2 Å². The van der Waals surface area contributed by atoms with Gasteiger partial charge < -0.3 is 15.8 Å². The first-order chi connectivity index (χ1) is 7.06. The molecule has 0 fully saturated rings. The molecule has 0 aromatic heterocycles. The molecule has 5 nitrogen and oxygen atoms in total. The summed E-state index contributed by atoms with van der Waals surface area (Å²) in [6.45, 7) is 4.41. The zero-order chi connectivity index (χ0) is 11.7. The predicted octanol–water partition coefficient (Wildman–Crippen LogP) is 0.183. The van der Waals surface area contributed by atoms with Gasteiger partial charge in [-0.25, -0.2) is 0 Å². The molecular formula is C10H20N2O3. The molecule has 15 heavy (non-hydrogen) atoms. The summed E-state index contributed by atoms with van der Waals surface area (Å²) >= 11 is 0. The largest absolute Gasteiger partial charge is 0.465 e. The number of carbonyl (C=O) groups excluding carboxylic acids is 2. The molecule has 0 saturated heterocycles. The Hall–Kier alpha value is -1.10. The predicted molar refractivity (Wildman–Crippen MR) is 57.1 cm³/mol. The fourth-order valence-electron chi connectivity index (χ4n) is 1.01. The van der Waals surface area contributed by atoms with Gasteiger partial charge in [-0.05, 0) is 13.3 Å². The van der Waals surface area contributed by atoms with Gasteiger partial charge in [0.2, 0.25) is 5.91 Å². The van der Waals surface area contributed by atoms with Crippen molar-refractivity contribution < 1.29 is 14.3 Å². The number of esters is 1. The van der Waals surface area contributed by atoms with E-state index in [-0.39, 0.29) is 30.9 Å². The van der Waals surface area contributed by atoms with Gasteiger partial charge in [0, 0.05) is 12.5 Å². The molecule has 0 aromatic rings. The number of amides is 1. The molecule has 0 saturated carbocycles. The number of nitrogens with two attached hydrogens (primary N) is 1. The van der Waals surface area contributed by atoms with Crippen molar-refractivity contribution in [3.8, 4) is 0 Å². The molecule has 3 N–H and O–H groups in total. The van der Waals surface area contributed by atoms with Crippen LogP contribution < -0.4 is 11.1 Å². The lowest BCUT2D eigenvalue weighted by Crippen LogP contribution is -2.35. The summed E-state index contributed by atoms with van der Waals surface area (Å²) in [6, 6.07) is -0.0961. The van der Waals surface area contributed by atoms with Crippen molar-refractivity contribution in [3.63, 3.8) is 0 Å². The second kappa shape index (κ2) is 8.23. The van der Waals surface area contributed by atoms with Crippen LogP contribution in [0.4, 0.5) is 0 Å². The average molecular weight is 216 g/mol. The molecular weight excluding hydrogens is 196 g/mol. The Bertz CT molecular complexity index is 207. The highest BCUT2D eigenvalue weighted by Crippen LogP contribution is 1.91. The van der Waals surface area contributed by atoms with Crippen LogP contribution in [-0.4, -0.2) is 31.1 Å². The van der Waals surface area contributed by atoms with Gasteiger partial charge >= 0.3 is 5.97 Å². The molecule has 88 valence electrons. The topological polar surface area (TPSA) is 81.4 Å². The SMILES string of the molecule is CCCCOC(=O)CNC(C)CC(N)=O. The number of primary amides is 1. The molecule has 5 heteroatoms. The summed E-state index contributed by atoms with van der Waals surface area (Å²) < 4.78 is 4.92. The summed E-state index contributed by atoms with van der Waals surface area (Å²) in [4.78, 5) is 21.6. The minimum absolute atomic E-state index is 0.0961. The maximum Gasteiger partial charge on any atom is 0.319 e. The number of ether oxygens (including phenoxy) is 1. The third-order valence-electron chi connectivity index (χ3n) is 1.86. The van der Waals surface area contributed by atoms with E-state index in [1.54, 1.807) is 6.92 Å². The van der Waals surface area contributed by atoms with Gasteiger partial charge in [-0.1, -0.05) is 13.3 Å². The van der Waals surface area contributed by atoms with E-state index in [4.69, 9.17) is 10.5 Å². The lowest BCUT2D eigenvalue weighted by atomic mass is 10.2. The second-order valence-electron chi connectivity index (χ2n) is 3.53. The van der Waals surface area contributed by atoms with Crippen LogP contribution in [-0.2, 0) is 14.3 Å². The van der Waals surface area contributed by atoms with E-state index in [0.717, 1.165) is 12.8 Å². The van der Waals surface area contributed by atoms with Gasteiger partial charge in [0.15, 0.2) is 0 Å². The van der Waals surface area contributed by atoms with Crippen LogP contribution in [0.2, 0.25) is 0 Å². The van der Waals surface area contributed by atoms with Crippen molar-refractivity contribution in [2.24, 2.45) is 5.73 Å². The van der Waals surface area contributed by atoms with Crippen LogP contribution >= 0.6 is 0 Å². The highest BCUT2D eigenvalue weighted by molar-refractivity contribution is 5.75. The van der Waals surface area contributed by atoms with E-state index in [9.17, 15) is 9.59 Å². The van der Waals surface area contributed by atoms with Crippen LogP contribution in [0, 0.1) is 0 Å². The summed E-state index contributed by atoms with van der Waals surface area (Å²) in [6.07, 6.45) is 2.10. The normalized spacial score (nSPS) is 12.1. The molecule has 0 heterocycles. The monoisotopic (exact) mass is 216 g/mol. The highest BCUT2D eigenvalue weighted by atomic mass is 16.5. The molecule has 1 amide bonds. The minimum Gasteiger partial charge on any atom is -0.465 e. The number of nitrogens with one attached hydrogen (secondary N) is 1. The van der Waals surface area contributed by atoms with Crippen molar-refractivity contribution in [1.29, 1.82) is 0 Å². The fourth-order valence-corrected chi connectivity index (χ4v) is 1.01. The van der Waals surface area contributed by atoms with Gasteiger partial charge in [0.05, 0.1) is 13.2 Å². The number of rotatable bonds is 8. The summed E-state index contributed by atoms with van der Waals surface area (Å²) in [5.74, 6) is -0.672. The smallest absolute Gasteiger partial charge is 0.319 e. The van der Waals surface area contributed by atoms with E-state index in [1.807, 2.05) is 6.92 Å². The fraction of sp³-hybridized carbons (Fsp3) is 0.800. The van der Waals surface area contributed by atoms with Crippen molar-refractivity contribution >= 4 is 11.9 Å². The standard InChI is InChI=1S/C10H20N2O3/c1-3-4-5-15-10(14)7-12-8(2)6-9(11)13/h8,12H,3-7H2,1-2H3,(H2,11,13). The van der Waals surface area contributed by atoms with Gasteiger partial charge in [-0.2, -0.15) is 0 Å². The number of unbranched alkanes of at least 4 members (excludes halogenated alkanes) is 1. The third-order valence-corrected chi connectivity index (χ3v) is 1.86. The number of hydrogen-bond acceptors (Lipinski definition) is 4. The first kappa shape index (κ1) is 13.9. The molecule has 0 radical (unpaired) electrons. The number of carbonyl (C=O) groups is 2. The summed E-state index contributed by atoms with van der Waals surface area (Å²) in [5, 5.41) is 2.87. The van der Waals surface area contributed by atoms with Crippen molar-refractivity contribution in [1.82, 2.24) is 5.32 Å². The van der Waals surface area contributed by atoms with Gasteiger partial charge in [-0.15, -0.1) is 0 Å². The molecule has 0 aliphatic carbocycles. The van der Waals surface area contributed by atoms with Crippen LogP contribution in [0.3, 0.4) is 0 Å². The Kier molecular flexibility index (Phi) is 7.62.